The summed E-state index contributed by atoms with van der Waals surface area (Å²) in [5, 5.41) is 2.10. The van der Waals surface area contributed by atoms with Gasteiger partial charge in [0.05, 0.1) is 0 Å². The van der Waals surface area contributed by atoms with Gasteiger partial charge < -0.3 is 0 Å². The topological polar surface area (TPSA) is 41.3 Å². The Morgan fingerprint density at radius 3 is 2.28 bits per heavy atom. The average Bonchev–Trinajstić information content (AvgIpc) is 3.15. The van der Waals surface area contributed by atoms with E-state index in [4.69, 9.17) is 9.98 Å². The molecule has 7 rings (SSSR count). The lowest BCUT2D eigenvalue weighted by molar-refractivity contribution is -0.586. The van der Waals surface area contributed by atoms with Crippen molar-refractivity contribution in [1.82, 2.24) is 0 Å². The third-order valence-corrected chi connectivity index (χ3v) is 9.41. The van der Waals surface area contributed by atoms with Crippen LogP contribution in [-0.4, -0.2) is 11.7 Å². The van der Waals surface area contributed by atoms with Crippen molar-refractivity contribution in [1.29, 1.82) is 0 Å². The van der Waals surface area contributed by atoms with Gasteiger partial charge in [0.15, 0.2) is 5.84 Å². The zero-order valence-electron chi connectivity index (χ0n) is 26.9. The van der Waals surface area contributed by atoms with E-state index < -0.39 is 0 Å². The van der Waals surface area contributed by atoms with Crippen LogP contribution >= 0.6 is 0 Å². The Hall–Kier alpha value is -5.38. The molecule has 47 heavy (non-hydrogen) atoms. The number of rotatable bonds is 8. The van der Waals surface area contributed by atoms with Crippen LogP contribution in [0.1, 0.15) is 64.2 Å². The first kappa shape index (κ1) is 30.3. The second-order valence-corrected chi connectivity index (χ2v) is 12.5. The second-order valence-electron chi connectivity index (χ2n) is 12.5. The van der Waals surface area contributed by atoms with E-state index in [2.05, 4.69) is 147 Å². The van der Waals surface area contributed by atoms with Gasteiger partial charge in [0.2, 0.25) is 12.0 Å². The van der Waals surface area contributed by atoms with E-state index in [1.807, 2.05) is 18.2 Å². The van der Waals surface area contributed by atoms with E-state index in [1.54, 1.807) is 6.08 Å². The molecule has 1 aliphatic heterocycles. The maximum Gasteiger partial charge on any atom is 0.235 e. The molecule has 2 aliphatic carbocycles. The molecule has 3 unspecified atom stereocenters. The summed E-state index contributed by atoms with van der Waals surface area (Å²) < 4.78 is 0. The summed E-state index contributed by atoms with van der Waals surface area (Å²) >= 11 is 0. The molecule has 0 spiro atoms. The molecule has 2 N–H and O–H groups in total. The Kier molecular flexibility index (Phi) is 8.73. The highest BCUT2D eigenvalue weighted by Crippen LogP contribution is 2.39. The summed E-state index contributed by atoms with van der Waals surface area (Å²) in [7, 11) is 0. The zero-order chi connectivity index (χ0) is 32.2. The fourth-order valence-corrected chi connectivity index (χ4v) is 6.78. The van der Waals surface area contributed by atoms with Gasteiger partial charge in [-0.25, -0.2) is 4.99 Å². The van der Waals surface area contributed by atoms with Crippen molar-refractivity contribution in [2.24, 2.45) is 9.98 Å². The summed E-state index contributed by atoms with van der Waals surface area (Å²) in [6.45, 7) is 10.4. The van der Waals surface area contributed by atoms with Gasteiger partial charge in [0.25, 0.3) is 0 Å². The number of hydrogen-bond acceptors (Lipinski definition) is 2. The van der Waals surface area contributed by atoms with E-state index >= 15 is 0 Å². The number of amidine groups is 2. The Bertz CT molecular complexity index is 2000. The fourth-order valence-electron chi connectivity index (χ4n) is 6.78. The lowest BCUT2D eigenvalue weighted by Gasteiger charge is -2.24. The van der Waals surface area contributed by atoms with E-state index in [0.29, 0.717) is 5.92 Å². The SMILES string of the molecule is C=CC(=C)C1=NC(c2ccccc2)=NC(c2cccc(C3C=C(c4cc(-c5ccccc5)cc(C5C=CC=CC5)c4C)C=CC3)c2)[NH2+]1. The molecule has 0 fully saturated rings. The molecule has 4 aromatic carbocycles. The zero-order valence-corrected chi connectivity index (χ0v) is 26.9. The molecular formula is C44H40N3+. The fraction of sp³-hybridized carbons (Fsp3) is 0.136. The minimum atomic E-state index is -0.165. The first-order chi connectivity index (χ1) is 23.1. The Morgan fingerprint density at radius 2 is 1.53 bits per heavy atom. The summed E-state index contributed by atoms with van der Waals surface area (Å²) in [6, 6.07) is 34.6. The van der Waals surface area contributed by atoms with Crippen LogP contribution in [0.4, 0.5) is 0 Å². The van der Waals surface area contributed by atoms with Crippen LogP contribution in [0.3, 0.4) is 0 Å². The first-order valence-electron chi connectivity index (χ1n) is 16.5. The van der Waals surface area contributed by atoms with E-state index in [9.17, 15) is 0 Å². The minimum absolute atomic E-state index is 0.165. The first-order valence-corrected chi connectivity index (χ1v) is 16.5. The van der Waals surface area contributed by atoms with Crippen molar-refractivity contribution >= 4 is 17.2 Å². The molecule has 3 heteroatoms. The molecule has 0 aromatic heterocycles. The van der Waals surface area contributed by atoms with Crippen LogP contribution in [0.15, 0.2) is 174 Å². The van der Waals surface area contributed by atoms with E-state index in [1.165, 1.54) is 39.0 Å². The van der Waals surface area contributed by atoms with Crippen LogP contribution < -0.4 is 5.32 Å². The van der Waals surface area contributed by atoms with Crippen molar-refractivity contribution in [3.05, 3.63) is 198 Å². The quantitative estimate of drug-likeness (QED) is 0.193. The summed E-state index contributed by atoms with van der Waals surface area (Å²) in [5.74, 6) is 2.17. The molecule has 1 heterocycles. The predicted molar refractivity (Wildman–Crippen MR) is 198 cm³/mol. The van der Waals surface area contributed by atoms with Crippen molar-refractivity contribution in [2.75, 3.05) is 0 Å². The molecule has 0 saturated heterocycles. The molecular weight excluding hydrogens is 571 g/mol. The maximum absolute atomic E-state index is 5.10. The second kappa shape index (κ2) is 13.5. The van der Waals surface area contributed by atoms with Gasteiger partial charge in [0.1, 0.15) is 0 Å². The highest BCUT2D eigenvalue weighted by atomic mass is 15.2. The third-order valence-electron chi connectivity index (χ3n) is 9.41. The molecule has 4 aromatic rings. The van der Waals surface area contributed by atoms with E-state index in [0.717, 1.165) is 41.2 Å². The number of benzene rings is 4. The van der Waals surface area contributed by atoms with Crippen LogP contribution in [-0.2, 0) is 0 Å². The number of aliphatic imine (C=N–C) groups is 2. The average molecular weight is 611 g/mol. The van der Waals surface area contributed by atoms with Crippen molar-refractivity contribution in [3.63, 3.8) is 0 Å². The number of nitrogens with two attached hydrogens (primary N) is 1. The Labute approximate surface area is 278 Å². The van der Waals surface area contributed by atoms with E-state index in [-0.39, 0.29) is 12.1 Å². The molecule has 0 amide bonds. The van der Waals surface area contributed by atoms with Crippen molar-refractivity contribution < 1.29 is 5.32 Å². The highest BCUT2D eigenvalue weighted by molar-refractivity contribution is 6.09. The summed E-state index contributed by atoms with van der Waals surface area (Å²) in [4.78, 5) is 9.95. The van der Waals surface area contributed by atoms with Crippen LogP contribution in [0.5, 0.6) is 0 Å². The third kappa shape index (κ3) is 6.49. The van der Waals surface area contributed by atoms with Gasteiger partial charge in [-0.2, -0.15) is 4.99 Å². The molecule has 0 saturated carbocycles. The molecule has 0 bridgehead atoms. The van der Waals surface area contributed by atoms with Crippen LogP contribution in [0, 0.1) is 6.92 Å². The number of quaternary nitrogens is 1. The monoisotopic (exact) mass is 610 g/mol. The van der Waals surface area contributed by atoms with Crippen molar-refractivity contribution in [2.45, 2.75) is 37.8 Å². The van der Waals surface area contributed by atoms with Gasteiger partial charge in [0, 0.05) is 28.5 Å². The lowest BCUT2D eigenvalue weighted by atomic mass is 9.81. The summed E-state index contributed by atoms with van der Waals surface area (Å²) in [6.07, 6.45) is 19.7. The lowest BCUT2D eigenvalue weighted by Crippen LogP contribution is -2.90. The molecule has 3 atom stereocenters. The van der Waals surface area contributed by atoms with Gasteiger partial charge in [-0.15, -0.1) is 0 Å². The highest BCUT2D eigenvalue weighted by Gasteiger charge is 2.26. The smallest absolute Gasteiger partial charge is 0.235 e. The predicted octanol–water partition coefficient (Wildman–Crippen LogP) is 9.55. The van der Waals surface area contributed by atoms with Crippen LogP contribution in [0.25, 0.3) is 16.7 Å². The maximum atomic E-state index is 5.10. The standard InChI is InChI=1S/C44H39N3/c1-4-30(2)42-45-43(34-20-12-7-13-21-34)47-44(46-42)38-25-15-23-36(27-38)35-22-14-24-37(26-35)41-29-39(32-16-8-5-9-17-32)28-40(31(41)3)33-18-10-6-11-19-33/h4-18,20-21,23-29,33,35,44H,1-2,19,22H2,3H3,(H,45,46,47)/p+1. The van der Waals surface area contributed by atoms with Gasteiger partial charge in [-0.1, -0.05) is 147 Å². The molecule has 3 aliphatic rings. The number of allylic oxidation sites excluding steroid dienone is 8. The molecule has 3 nitrogen and oxygen atoms in total. The van der Waals surface area contributed by atoms with Crippen LogP contribution in [0.2, 0.25) is 0 Å². The number of nitrogens with zero attached hydrogens (tertiary/aromatic N) is 2. The molecule has 230 valence electrons. The summed E-state index contributed by atoms with van der Waals surface area (Å²) in [5.41, 5.74) is 12.1. The Morgan fingerprint density at radius 1 is 0.787 bits per heavy atom. The largest absolute Gasteiger partial charge is 0.272 e. The van der Waals surface area contributed by atoms with Gasteiger partial charge >= 0.3 is 0 Å². The normalized spacial score (nSPS) is 20.3. The van der Waals surface area contributed by atoms with Gasteiger partial charge in [-0.3, -0.25) is 5.32 Å². The molecule has 0 radical (unpaired) electrons. The van der Waals surface area contributed by atoms with Gasteiger partial charge in [-0.05, 0) is 70.9 Å². The minimum Gasteiger partial charge on any atom is -0.272 e. The number of hydrogen-bond donors (Lipinski definition) is 1. The Balaban J connectivity index is 1.25. The van der Waals surface area contributed by atoms with Crippen molar-refractivity contribution in [3.8, 4) is 11.1 Å².